The lowest BCUT2D eigenvalue weighted by molar-refractivity contribution is -0.0788. The molecule has 9 saturated carbocycles. The van der Waals surface area contributed by atoms with E-state index < -0.39 is 0 Å². The minimum absolute atomic E-state index is 0.642. The fraction of sp³-hybridized carbons (Fsp3) is 1.00. The molecular weight excluding hydrogens is 583 g/mol. The second-order valence-corrected chi connectivity index (χ2v) is 21.2. The molecule has 17 unspecified atom stereocenters. The van der Waals surface area contributed by atoms with Crippen LogP contribution in [0.5, 0.6) is 0 Å². The maximum absolute atomic E-state index is 7.46. The third-order valence-electron chi connectivity index (χ3n) is 20.1. The van der Waals surface area contributed by atoms with Crippen molar-refractivity contribution in [3.05, 3.63) is 0 Å². The number of hydrogen-bond acceptors (Lipinski definition) is 2. The molecule has 2 heterocycles. The smallest absolute Gasteiger partial charge is 0.0644 e. The van der Waals surface area contributed by atoms with E-state index in [-0.39, 0.29) is 0 Å². The Balaban J connectivity index is 0.908. The molecule has 2 nitrogen and oxygen atoms in total. The van der Waals surface area contributed by atoms with E-state index >= 15 is 0 Å². The van der Waals surface area contributed by atoms with Crippen molar-refractivity contribution < 1.29 is 4.74 Å². The van der Waals surface area contributed by atoms with E-state index in [1.807, 2.05) is 0 Å². The van der Waals surface area contributed by atoms with Gasteiger partial charge in [-0.1, -0.05) is 57.8 Å². The minimum Gasteiger partial charge on any atom is -0.374 e. The fourth-order valence-corrected chi connectivity index (χ4v) is 18.8. The topological polar surface area (TPSA) is 21.3 Å². The Hall–Kier alpha value is -0.0800. The van der Waals surface area contributed by atoms with E-state index in [4.69, 9.17) is 4.74 Å². The summed E-state index contributed by atoms with van der Waals surface area (Å²) < 4.78 is 7.46. The van der Waals surface area contributed by atoms with Crippen LogP contribution in [0.25, 0.3) is 0 Å². The van der Waals surface area contributed by atoms with Gasteiger partial charge in [0.05, 0.1) is 12.2 Å². The molecule has 0 aromatic carbocycles. The van der Waals surface area contributed by atoms with Crippen molar-refractivity contribution in [2.24, 2.45) is 88.3 Å². The van der Waals surface area contributed by atoms with Gasteiger partial charge in [-0.2, -0.15) is 0 Å². The molecule has 2 saturated heterocycles. The van der Waals surface area contributed by atoms with Gasteiger partial charge in [0.1, 0.15) is 0 Å². The molecule has 268 valence electrons. The average Bonchev–Trinajstić information content (AvgIpc) is 3.78. The maximum atomic E-state index is 7.46. The maximum Gasteiger partial charge on any atom is 0.0644 e. The second kappa shape index (κ2) is 12.5. The van der Waals surface area contributed by atoms with Gasteiger partial charge in [0.15, 0.2) is 0 Å². The third-order valence-corrected chi connectivity index (χ3v) is 20.1. The molecule has 2 aliphatic heterocycles. The molecule has 1 spiro atoms. The molecular formula is C46H73NO. The van der Waals surface area contributed by atoms with Crippen LogP contribution in [0.4, 0.5) is 0 Å². The number of piperidine rings is 1. The Labute approximate surface area is 295 Å². The van der Waals surface area contributed by atoms with Crippen molar-refractivity contribution in [1.29, 1.82) is 0 Å². The monoisotopic (exact) mass is 656 g/mol. The van der Waals surface area contributed by atoms with Crippen LogP contribution in [0, 0.1) is 88.3 Å². The predicted molar refractivity (Wildman–Crippen MR) is 195 cm³/mol. The highest BCUT2D eigenvalue weighted by Gasteiger charge is 2.74. The van der Waals surface area contributed by atoms with Crippen LogP contribution in [0.1, 0.15) is 173 Å². The predicted octanol–water partition coefficient (Wildman–Crippen LogP) is 11.4. The largest absolute Gasteiger partial charge is 0.374 e. The molecule has 0 aromatic rings. The van der Waals surface area contributed by atoms with Gasteiger partial charge >= 0.3 is 0 Å². The third kappa shape index (κ3) is 4.67. The van der Waals surface area contributed by atoms with Crippen LogP contribution in [0.15, 0.2) is 0 Å². The highest BCUT2D eigenvalue weighted by molar-refractivity contribution is 5.22. The van der Waals surface area contributed by atoms with Crippen LogP contribution in [-0.2, 0) is 4.74 Å². The Kier molecular flexibility index (Phi) is 8.20. The molecule has 0 amide bonds. The van der Waals surface area contributed by atoms with Crippen molar-refractivity contribution in [2.45, 2.75) is 198 Å². The first-order valence-electron chi connectivity index (χ1n) is 23.2. The molecule has 17 atom stereocenters. The Morgan fingerprint density at radius 1 is 0.375 bits per heavy atom. The van der Waals surface area contributed by atoms with Crippen molar-refractivity contribution >= 4 is 0 Å². The summed E-state index contributed by atoms with van der Waals surface area (Å²) in [6.07, 6.45) is 43.1. The molecule has 2 heteroatoms. The van der Waals surface area contributed by atoms with E-state index in [1.165, 1.54) is 64.2 Å². The Bertz CT molecular complexity index is 1140. The number of rotatable bonds is 2. The highest BCUT2D eigenvalue weighted by atomic mass is 16.5. The van der Waals surface area contributed by atoms with Gasteiger partial charge in [-0.05, 0) is 204 Å². The zero-order valence-corrected chi connectivity index (χ0v) is 30.9. The first-order chi connectivity index (χ1) is 23.8. The summed E-state index contributed by atoms with van der Waals surface area (Å²) in [5.74, 6) is 14.3. The molecule has 48 heavy (non-hydrogen) atoms. The molecule has 11 aliphatic rings. The van der Waals surface area contributed by atoms with E-state index in [0.29, 0.717) is 17.6 Å². The van der Waals surface area contributed by atoms with Crippen molar-refractivity contribution in [3.63, 3.8) is 0 Å². The number of nitrogens with one attached hydrogen (secondary N) is 1. The summed E-state index contributed by atoms with van der Waals surface area (Å²) >= 11 is 0. The van der Waals surface area contributed by atoms with Crippen LogP contribution >= 0.6 is 0 Å². The van der Waals surface area contributed by atoms with Crippen LogP contribution < -0.4 is 5.32 Å². The molecule has 0 bridgehead atoms. The lowest BCUT2D eigenvalue weighted by Gasteiger charge is -2.54. The molecule has 1 N–H and O–H groups in total. The van der Waals surface area contributed by atoms with Crippen molar-refractivity contribution in [1.82, 2.24) is 5.32 Å². The minimum atomic E-state index is 0.642. The van der Waals surface area contributed by atoms with Gasteiger partial charge < -0.3 is 10.1 Å². The summed E-state index contributed by atoms with van der Waals surface area (Å²) in [6.45, 7) is 0. The molecule has 0 aromatic heterocycles. The quantitative estimate of drug-likeness (QED) is 0.320. The summed E-state index contributed by atoms with van der Waals surface area (Å²) in [7, 11) is 0. The number of ether oxygens (including phenoxy) is 1. The van der Waals surface area contributed by atoms with E-state index in [0.717, 1.165) is 94.9 Å². The molecule has 9 aliphatic carbocycles. The van der Waals surface area contributed by atoms with E-state index in [9.17, 15) is 0 Å². The zero-order chi connectivity index (χ0) is 31.4. The lowest BCUT2D eigenvalue weighted by atomic mass is 9.51. The molecule has 0 radical (unpaired) electrons. The van der Waals surface area contributed by atoms with E-state index in [1.54, 1.807) is 109 Å². The average molecular weight is 656 g/mol. The number of hydrogen-bond donors (Lipinski definition) is 1. The number of fused-ring (bicyclic) bond motifs is 15. The Morgan fingerprint density at radius 3 is 1.79 bits per heavy atom. The van der Waals surface area contributed by atoms with Crippen LogP contribution in [0.2, 0.25) is 0 Å². The van der Waals surface area contributed by atoms with Gasteiger partial charge in [0, 0.05) is 12.1 Å². The molecule has 11 rings (SSSR count). The summed E-state index contributed by atoms with van der Waals surface area (Å²) in [5, 5.41) is 4.44. The fourth-order valence-electron chi connectivity index (χ4n) is 18.8. The van der Waals surface area contributed by atoms with Gasteiger partial charge in [-0.15, -0.1) is 0 Å². The van der Waals surface area contributed by atoms with Gasteiger partial charge in [0.2, 0.25) is 0 Å². The normalized spacial score (nSPS) is 57.9. The van der Waals surface area contributed by atoms with Gasteiger partial charge in [-0.25, -0.2) is 0 Å². The van der Waals surface area contributed by atoms with Crippen LogP contribution in [-0.4, -0.2) is 24.3 Å². The zero-order valence-electron chi connectivity index (χ0n) is 30.9. The summed E-state index contributed by atoms with van der Waals surface area (Å²) in [4.78, 5) is 0. The summed E-state index contributed by atoms with van der Waals surface area (Å²) in [6, 6.07) is 1.71. The summed E-state index contributed by atoms with van der Waals surface area (Å²) in [5.41, 5.74) is 0.707. The Morgan fingerprint density at radius 2 is 0.979 bits per heavy atom. The SMILES string of the molecule is C1CCC(C2CCC3CCC(C4CCC5C6C7OC8CCCCC8C7CCC6C6(C7CCCCC7C7CCCCC76)C5C4)CC3N2)CC1. The standard InChI is InChI=1S/C46H73NO/c1-2-10-28(11-3-1)41-25-21-29-18-19-31(27-42(29)47-41)30-20-22-36-40(26-30)46(37-15-7-4-12-32(37)33-13-5-8-16-38(33)46)39-24-23-35-34-14-6-9-17-43(34)48-45(35)44(36)39/h28-45,47H,1-27H2. The molecule has 11 fully saturated rings. The first-order valence-corrected chi connectivity index (χ1v) is 23.2. The second-order valence-electron chi connectivity index (χ2n) is 21.2. The highest BCUT2D eigenvalue weighted by Crippen LogP contribution is 2.79. The van der Waals surface area contributed by atoms with Gasteiger partial charge in [0.25, 0.3) is 0 Å². The van der Waals surface area contributed by atoms with E-state index in [2.05, 4.69) is 5.32 Å². The van der Waals surface area contributed by atoms with Crippen molar-refractivity contribution in [3.8, 4) is 0 Å². The van der Waals surface area contributed by atoms with Crippen molar-refractivity contribution in [2.75, 3.05) is 0 Å². The first kappa shape index (κ1) is 31.4. The lowest BCUT2D eigenvalue weighted by Crippen LogP contribution is -2.54. The van der Waals surface area contributed by atoms with Crippen LogP contribution in [0.3, 0.4) is 0 Å². The van der Waals surface area contributed by atoms with Gasteiger partial charge in [-0.3, -0.25) is 0 Å².